The van der Waals surface area contributed by atoms with Crippen LogP contribution in [0.5, 0.6) is 11.5 Å². The second-order valence-electron chi connectivity index (χ2n) is 5.09. The van der Waals surface area contributed by atoms with Crippen LogP contribution in [0.25, 0.3) is 0 Å². The summed E-state index contributed by atoms with van der Waals surface area (Å²) in [5.41, 5.74) is 2.96. The molecule has 114 valence electrons. The third-order valence-electron chi connectivity index (χ3n) is 3.93. The molecular weight excluding hydrogens is 302 g/mol. The Bertz CT molecular complexity index is 700. The molecule has 0 saturated heterocycles. The predicted octanol–water partition coefficient (Wildman–Crippen LogP) is 3.62. The van der Waals surface area contributed by atoms with E-state index < -0.39 is 0 Å². The van der Waals surface area contributed by atoms with Gasteiger partial charge in [0, 0.05) is 17.3 Å². The van der Waals surface area contributed by atoms with Gasteiger partial charge in [-0.1, -0.05) is 11.6 Å². The topological polar surface area (TPSA) is 38.8 Å². The number of ether oxygens (including phenoxy) is 2. The number of aldehydes is 1. The van der Waals surface area contributed by atoms with Gasteiger partial charge in [-0.25, -0.2) is 0 Å². The zero-order valence-corrected chi connectivity index (χ0v) is 13.1. The highest BCUT2D eigenvalue weighted by atomic mass is 35.5. The number of methoxy groups -OCH3 is 2. The molecule has 1 aliphatic rings. The van der Waals surface area contributed by atoms with E-state index in [9.17, 15) is 4.79 Å². The maximum absolute atomic E-state index is 11.6. The molecule has 0 saturated carbocycles. The van der Waals surface area contributed by atoms with Gasteiger partial charge >= 0.3 is 0 Å². The Morgan fingerprint density at radius 2 is 1.77 bits per heavy atom. The van der Waals surface area contributed by atoms with Gasteiger partial charge in [0.2, 0.25) is 0 Å². The fraction of sp³-hybridized carbons (Fsp3) is 0.235. The van der Waals surface area contributed by atoms with Crippen molar-refractivity contribution in [2.75, 3.05) is 19.1 Å². The molecule has 0 aliphatic carbocycles. The number of halogens is 1. The van der Waals surface area contributed by atoms with Crippen LogP contribution in [0.15, 0.2) is 36.4 Å². The van der Waals surface area contributed by atoms with Crippen LogP contribution in [-0.4, -0.2) is 20.5 Å². The van der Waals surface area contributed by atoms with E-state index in [2.05, 4.69) is 0 Å². The fourth-order valence-electron chi connectivity index (χ4n) is 2.83. The maximum Gasteiger partial charge on any atom is 0.161 e. The summed E-state index contributed by atoms with van der Waals surface area (Å²) in [6.45, 7) is 0.640. The van der Waals surface area contributed by atoms with Crippen molar-refractivity contribution in [1.29, 1.82) is 0 Å². The minimum atomic E-state index is -0.337. The minimum absolute atomic E-state index is 0.337. The number of anilines is 1. The Morgan fingerprint density at radius 1 is 1.14 bits per heavy atom. The number of carbonyl (C=O) groups excluding carboxylic acids is 1. The Labute approximate surface area is 134 Å². The lowest BCUT2D eigenvalue weighted by Crippen LogP contribution is -2.22. The molecule has 0 radical (unpaired) electrons. The van der Waals surface area contributed by atoms with Crippen LogP contribution < -0.4 is 14.4 Å². The highest BCUT2D eigenvalue weighted by Gasteiger charge is 2.31. The summed E-state index contributed by atoms with van der Waals surface area (Å²) in [6.07, 6.45) is 0.951. The molecule has 0 bridgehead atoms. The molecule has 2 aromatic carbocycles. The Kier molecular flexibility index (Phi) is 3.94. The number of carbonyl (C=O) groups is 1. The first-order valence-electron chi connectivity index (χ1n) is 6.90. The van der Waals surface area contributed by atoms with Gasteiger partial charge in [-0.05, 0) is 47.5 Å². The third kappa shape index (κ3) is 2.40. The highest BCUT2D eigenvalue weighted by molar-refractivity contribution is 6.30. The number of hydrogen-bond acceptors (Lipinski definition) is 4. The first-order valence-corrected chi connectivity index (χ1v) is 7.28. The van der Waals surface area contributed by atoms with Crippen LogP contribution >= 0.6 is 11.6 Å². The van der Waals surface area contributed by atoms with Crippen molar-refractivity contribution in [3.63, 3.8) is 0 Å². The lowest BCUT2D eigenvalue weighted by molar-refractivity contribution is -0.108. The summed E-state index contributed by atoms with van der Waals surface area (Å²) in [6, 6.07) is 10.9. The van der Waals surface area contributed by atoms with E-state index in [4.69, 9.17) is 21.1 Å². The van der Waals surface area contributed by atoms with E-state index in [1.54, 1.807) is 14.2 Å². The van der Waals surface area contributed by atoms with Gasteiger partial charge in [0.05, 0.1) is 14.2 Å². The van der Waals surface area contributed by atoms with E-state index >= 15 is 0 Å². The Balaban J connectivity index is 2.03. The molecule has 1 heterocycles. The minimum Gasteiger partial charge on any atom is -0.493 e. The molecule has 0 aromatic heterocycles. The number of nitrogens with zero attached hydrogens (tertiary/aromatic N) is 1. The summed E-state index contributed by atoms with van der Waals surface area (Å²) in [5.74, 6) is 1.30. The van der Waals surface area contributed by atoms with E-state index in [1.807, 2.05) is 41.3 Å². The molecule has 1 aliphatic heterocycles. The zero-order chi connectivity index (χ0) is 15.7. The van der Waals surface area contributed by atoms with Crippen LogP contribution in [0.2, 0.25) is 5.02 Å². The molecule has 1 unspecified atom stereocenters. The van der Waals surface area contributed by atoms with Crippen LogP contribution in [0.1, 0.15) is 17.2 Å². The lowest BCUT2D eigenvalue weighted by atomic mass is 10.0. The average molecular weight is 318 g/mol. The first kappa shape index (κ1) is 14.7. The molecule has 2 aromatic rings. The smallest absolute Gasteiger partial charge is 0.161 e. The van der Waals surface area contributed by atoms with E-state index in [0.717, 1.165) is 23.1 Å². The van der Waals surface area contributed by atoms with Crippen molar-refractivity contribution in [2.45, 2.75) is 12.6 Å². The van der Waals surface area contributed by atoms with E-state index in [0.29, 0.717) is 23.1 Å². The normalized spacial score (nSPS) is 16.3. The summed E-state index contributed by atoms with van der Waals surface area (Å²) in [4.78, 5) is 13.7. The van der Waals surface area contributed by atoms with Crippen LogP contribution in [0.4, 0.5) is 5.69 Å². The summed E-state index contributed by atoms with van der Waals surface area (Å²) < 4.78 is 10.7. The molecule has 0 fully saturated rings. The van der Waals surface area contributed by atoms with Gasteiger partial charge in [0.25, 0.3) is 0 Å². The second-order valence-corrected chi connectivity index (χ2v) is 5.53. The van der Waals surface area contributed by atoms with Gasteiger partial charge in [0.15, 0.2) is 11.5 Å². The van der Waals surface area contributed by atoms with Crippen molar-refractivity contribution >= 4 is 23.6 Å². The molecule has 1 atom stereocenters. The highest BCUT2D eigenvalue weighted by Crippen LogP contribution is 2.41. The number of benzene rings is 2. The predicted molar refractivity (Wildman–Crippen MR) is 86.0 cm³/mol. The Hall–Kier alpha value is -2.20. The summed E-state index contributed by atoms with van der Waals surface area (Å²) in [5, 5.41) is 0.673. The van der Waals surface area contributed by atoms with Gasteiger partial charge in [-0.15, -0.1) is 0 Å². The van der Waals surface area contributed by atoms with E-state index in [-0.39, 0.29) is 6.04 Å². The summed E-state index contributed by atoms with van der Waals surface area (Å²) >= 11 is 5.94. The maximum atomic E-state index is 11.6. The molecule has 5 heteroatoms. The third-order valence-corrected chi connectivity index (χ3v) is 4.18. The fourth-order valence-corrected chi connectivity index (χ4v) is 2.96. The molecule has 0 spiro atoms. The standard InChI is InChI=1S/C17H16ClNO3/c1-21-16-7-11-9-19(13-5-3-12(18)4-6-13)15(10-20)14(11)8-17(16)22-2/h3-8,10,15H,9H2,1-2H3. The molecule has 0 N–H and O–H groups in total. The first-order chi connectivity index (χ1) is 10.7. The Morgan fingerprint density at radius 3 is 2.36 bits per heavy atom. The molecule has 22 heavy (non-hydrogen) atoms. The molecule has 0 amide bonds. The molecule has 3 rings (SSSR count). The quantitative estimate of drug-likeness (QED) is 0.807. The van der Waals surface area contributed by atoms with Crippen LogP contribution in [0.3, 0.4) is 0 Å². The van der Waals surface area contributed by atoms with Crippen molar-refractivity contribution < 1.29 is 14.3 Å². The van der Waals surface area contributed by atoms with Crippen molar-refractivity contribution in [1.82, 2.24) is 0 Å². The lowest BCUT2D eigenvalue weighted by Gasteiger charge is -2.23. The second kappa shape index (κ2) is 5.89. The van der Waals surface area contributed by atoms with Crippen molar-refractivity contribution in [3.8, 4) is 11.5 Å². The largest absolute Gasteiger partial charge is 0.493 e. The van der Waals surface area contributed by atoms with Gasteiger partial charge < -0.3 is 19.2 Å². The zero-order valence-electron chi connectivity index (χ0n) is 12.4. The SMILES string of the molecule is COc1cc2c(cc1OC)C(C=O)N(c1ccc(Cl)cc1)C2. The van der Waals surface area contributed by atoms with Crippen molar-refractivity contribution in [2.24, 2.45) is 0 Å². The van der Waals surface area contributed by atoms with Crippen molar-refractivity contribution in [3.05, 3.63) is 52.5 Å². The number of hydrogen-bond donors (Lipinski definition) is 0. The average Bonchev–Trinajstić information content (AvgIpc) is 2.91. The number of rotatable bonds is 4. The van der Waals surface area contributed by atoms with Crippen LogP contribution in [0, 0.1) is 0 Å². The van der Waals surface area contributed by atoms with Gasteiger partial charge in [-0.2, -0.15) is 0 Å². The molecular formula is C17H16ClNO3. The summed E-state index contributed by atoms with van der Waals surface area (Å²) in [7, 11) is 3.19. The molecule has 4 nitrogen and oxygen atoms in total. The van der Waals surface area contributed by atoms with Gasteiger partial charge in [-0.3, -0.25) is 0 Å². The monoisotopic (exact) mass is 317 g/mol. The van der Waals surface area contributed by atoms with E-state index in [1.165, 1.54) is 0 Å². The van der Waals surface area contributed by atoms with Crippen LogP contribution in [-0.2, 0) is 11.3 Å². The van der Waals surface area contributed by atoms with Gasteiger partial charge in [0.1, 0.15) is 12.3 Å². The number of fused-ring (bicyclic) bond motifs is 1.